The van der Waals surface area contributed by atoms with Crippen molar-refractivity contribution < 1.29 is 64.6 Å². The number of nitrogens with one attached hydrogen (secondary N) is 1. The predicted molar refractivity (Wildman–Crippen MR) is 258 cm³/mol. The first-order chi connectivity index (χ1) is 32.1. The maximum Gasteiger partial charge on any atom is 0.220 e. The molecule has 1 amide bonds. The van der Waals surface area contributed by atoms with Crippen molar-refractivity contribution in [1.29, 1.82) is 0 Å². The van der Waals surface area contributed by atoms with E-state index >= 15 is 0 Å². The fourth-order valence-corrected chi connectivity index (χ4v) is 7.79. The van der Waals surface area contributed by atoms with Gasteiger partial charge in [-0.05, 0) is 64.2 Å². The van der Waals surface area contributed by atoms with Crippen LogP contribution in [0.1, 0.15) is 155 Å². The molecule has 0 spiro atoms. The predicted octanol–water partition coefficient (Wildman–Crippen LogP) is 6.43. The summed E-state index contributed by atoms with van der Waals surface area (Å²) in [7, 11) is 0. The molecule has 0 radical (unpaired) electrons. The first kappa shape index (κ1) is 59.6. The maximum absolute atomic E-state index is 13.2. The highest BCUT2D eigenvalue weighted by molar-refractivity contribution is 5.76. The zero-order chi connectivity index (χ0) is 48.2. The minimum atomic E-state index is -1.79. The van der Waals surface area contributed by atoms with Crippen LogP contribution in [0.15, 0.2) is 72.9 Å². The summed E-state index contributed by atoms with van der Waals surface area (Å²) >= 11 is 0. The van der Waals surface area contributed by atoms with Crippen LogP contribution in [-0.4, -0.2) is 140 Å². The minimum Gasteiger partial charge on any atom is -0.394 e. The third-order valence-corrected chi connectivity index (χ3v) is 11.9. The largest absolute Gasteiger partial charge is 0.394 e. The van der Waals surface area contributed by atoms with Gasteiger partial charge in [0.25, 0.3) is 0 Å². The zero-order valence-corrected chi connectivity index (χ0v) is 40.2. The number of aliphatic hydroxyl groups is 8. The van der Waals surface area contributed by atoms with E-state index in [1.54, 1.807) is 6.08 Å². The molecule has 2 saturated heterocycles. The van der Waals surface area contributed by atoms with Crippen molar-refractivity contribution >= 4 is 5.91 Å². The van der Waals surface area contributed by atoms with E-state index in [1.165, 1.54) is 57.8 Å². The van der Waals surface area contributed by atoms with Crippen LogP contribution in [0.5, 0.6) is 0 Å². The van der Waals surface area contributed by atoms with Crippen LogP contribution in [0.25, 0.3) is 0 Å². The SMILES string of the molecule is CC/C=C\C/C=C\C/C=C\C/C=C\C/C=C\CCCCCC(=O)NC(COC1OC(CO)C(OC2OC(CO)C(O)C(O)C2O)C(O)C1O)C(O)/C=C/CCCCCCCCCCCCC. The second-order valence-corrected chi connectivity index (χ2v) is 17.6. The number of carbonyl (C=O) groups is 1. The van der Waals surface area contributed by atoms with Crippen LogP contribution in [0.3, 0.4) is 0 Å². The Morgan fingerprint density at radius 3 is 1.61 bits per heavy atom. The normalized spacial score (nSPS) is 27.4. The molecule has 0 aromatic heterocycles. The van der Waals surface area contributed by atoms with Crippen molar-refractivity contribution in [2.75, 3.05) is 19.8 Å². The van der Waals surface area contributed by atoms with Gasteiger partial charge in [0.2, 0.25) is 5.91 Å². The van der Waals surface area contributed by atoms with E-state index in [0.29, 0.717) is 6.42 Å². The monoisotopic (exact) mass is 936 g/mol. The van der Waals surface area contributed by atoms with Crippen molar-refractivity contribution in [1.82, 2.24) is 5.32 Å². The van der Waals surface area contributed by atoms with Gasteiger partial charge in [-0.1, -0.05) is 157 Å². The Bertz CT molecular complexity index is 1380. The summed E-state index contributed by atoms with van der Waals surface area (Å²) in [4.78, 5) is 13.2. The van der Waals surface area contributed by atoms with Crippen LogP contribution in [0, 0.1) is 0 Å². The van der Waals surface area contributed by atoms with E-state index in [1.807, 2.05) is 6.08 Å². The molecule has 2 aliphatic heterocycles. The van der Waals surface area contributed by atoms with E-state index in [4.69, 9.17) is 18.9 Å². The van der Waals surface area contributed by atoms with Gasteiger partial charge in [0.15, 0.2) is 12.6 Å². The van der Waals surface area contributed by atoms with Crippen LogP contribution in [0.2, 0.25) is 0 Å². The highest BCUT2D eigenvalue weighted by atomic mass is 16.7. The van der Waals surface area contributed by atoms with Gasteiger partial charge in [-0.15, -0.1) is 0 Å². The number of carbonyl (C=O) groups excluding carboxylic acids is 1. The topological polar surface area (TPSA) is 228 Å². The average Bonchev–Trinajstić information content (AvgIpc) is 3.31. The molecule has 0 aliphatic carbocycles. The molecule has 0 saturated carbocycles. The summed E-state index contributed by atoms with van der Waals surface area (Å²) < 4.78 is 22.7. The average molecular weight is 936 g/mol. The molecule has 12 unspecified atom stereocenters. The molecule has 0 aromatic carbocycles. The number of allylic oxidation sites excluding steroid dienone is 11. The Balaban J connectivity index is 1.87. The molecule has 2 aliphatic rings. The van der Waals surface area contributed by atoms with Crippen molar-refractivity contribution in [3.63, 3.8) is 0 Å². The third kappa shape index (κ3) is 25.2. The maximum atomic E-state index is 13.2. The summed E-state index contributed by atoms with van der Waals surface area (Å²) in [5.74, 6) is -0.275. The Labute approximate surface area is 396 Å². The molecule has 9 N–H and O–H groups in total. The smallest absolute Gasteiger partial charge is 0.220 e. The van der Waals surface area contributed by atoms with Crippen molar-refractivity contribution in [2.24, 2.45) is 0 Å². The van der Waals surface area contributed by atoms with E-state index in [-0.39, 0.29) is 18.9 Å². The lowest BCUT2D eigenvalue weighted by molar-refractivity contribution is -0.359. The lowest BCUT2D eigenvalue weighted by atomic mass is 9.97. The quantitative estimate of drug-likeness (QED) is 0.0242. The van der Waals surface area contributed by atoms with Crippen LogP contribution in [0.4, 0.5) is 0 Å². The number of hydrogen-bond donors (Lipinski definition) is 9. The molecule has 2 heterocycles. The van der Waals surface area contributed by atoms with Crippen LogP contribution < -0.4 is 5.32 Å². The number of amides is 1. The van der Waals surface area contributed by atoms with E-state index in [9.17, 15) is 45.6 Å². The van der Waals surface area contributed by atoms with Gasteiger partial charge in [0, 0.05) is 6.42 Å². The van der Waals surface area contributed by atoms with Crippen molar-refractivity contribution in [3.8, 4) is 0 Å². The molecule has 380 valence electrons. The first-order valence-electron chi connectivity index (χ1n) is 25.2. The number of unbranched alkanes of at least 4 members (excludes halogenated alkanes) is 14. The third-order valence-electron chi connectivity index (χ3n) is 11.9. The summed E-state index contributed by atoms with van der Waals surface area (Å²) in [5.41, 5.74) is 0. The van der Waals surface area contributed by atoms with Gasteiger partial charge in [-0.2, -0.15) is 0 Å². The van der Waals surface area contributed by atoms with Gasteiger partial charge in [0.05, 0.1) is 32.0 Å². The van der Waals surface area contributed by atoms with Gasteiger partial charge < -0.3 is 65.1 Å². The molecule has 0 aromatic rings. The minimum absolute atomic E-state index is 0.238. The second kappa shape index (κ2) is 38.3. The Hall–Kier alpha value is -2.57. The molecule has 2 fully saturated rings. The fourth-order valence-electron chi connectivity index (χ4n) is 7.79. The fraction of sp³-hybridized carbons (Fsp3) is 0.750. The highest BCUT2D eigenvalue weighted by Gasteiger charge is 2.51. The Morgan fingerprint density at radius 1 is 0.561 bits per heavy atom. The number of aliphatic hydroxyl groups excluding tert-OH is 8. The second-order valence-electron chi connectivity index (χ2n) is 17.6. The van der Waals surface area contributed by atoms with Crippen molar-refractivity contribution in [2.45, 2.75) is 229 Å². The zero-order valence-electron chi connectivity index (χ0n) is 40.2. The van der Waals surface area contributed by atoms with Gasteiger partial charge in [0.1, 0.15) is 48.8 Å². The Morgan fingerprint density at radius 2 is 1.05 bits per heavy atom. The van der Waals surface area contributed by atoms with Crippen molar-refractivity contribution in [3.05, 3.63) is 72.9 Å². The lowest BCUT2D eigenvalue weighted by Crippen LogP contribution is -2.65. The van der Waals surface area contributed by atoms with Gasteiger partial charge in [-0.3, -0.25) is 4.79 Å². The molecule has 14 heteroatoms. The molecular formula is C52H89NO13. The molecule has 0 bridgehead atoms. The number of ether oxygens (including phenoxy) is 4. The molecular weight excluding hydrogens is 847 g/mol. The first-order valence-corrected chi connectivity index (χ1v) is 25.2. The van der Waals surface area contributed by atoms with Gasteiger partial charge in [-0.25, -0.2) is 0 Å². The molecule has 12 atom stereocenters. The number of hydrogen-bond acceptors (Lipinski definition) is 13. The summed E-state index contributed by atoms with van der Waals surface area (Å²) in [6.45, 7) is 2.62. The van der Waals surface area contributed by atoms with E-state index < -0.39 is 86.8 Å². The van der Waals surface area contributed by atoms with E-state index in [2.05, 4.69) is 79.9 Å². The van der Waals surface area contributed by atoms with Gasteiger partial charge >= 0.3 is 0 Å². The Kier molecular flexibility index (Phi) is 34.6. The molecule has 66 heavy (non-hydrogen) atoms. The highest BCUT2D eigenvalue weighted by Crippen LogP contribution is 2.30. The van der Waals surface area contributed by atoms with Crippen LogP contribution >= 0.6 is 0 Å². The summed E-state index contributed by atoms with van der Waals surface area (Å²) in [5, 5.41) is 86.7. The lowest BCUT2D eigenvalue weighted by Gasteiger charge is -2.46. The number of rotatable bonds is 37. The van der Waals surface area contributed by atoms with E-state index in [0.717, 1.165) is 70.6 Å². The van der Waals surface area contributed by atoms with Crippen LogP contribution in [-0.2, 0) is 23.7 Å². The standard InChI is InChI=1S/C52H89NO13/c1-3-5-7-9-11-13-15-17-18-19-20-21-22-24-26-28-30-32-34-36-44(57)53-40(41(56)35-33-31-29-27-25-23-16-14-12-10-8-6-4-2)39-63-51-49(62)47(60)50(43(38-55)65-51)66-52-48(61)46(59)45(58)42(37-54)64-52/h5,7,11,13,17-18,20-21,24,26,33,35,40-43,45-52,54-56,58-62H,3-4,6,8-10,12,14-16,19,22-23,25,27-32,34,36-39H2,1-2H3,(H,53,57)/b7-5-,13-11-,18-17-,21-20-,26-24-,35-33+. The summed E-state index contributed by atoms with van der Waals surface area (Å²) in [6, 6.07) is -0.934. The molecule has 2 rings (SSSR count). The summed E-state index contributed by atoms with van der Waals surface area (Å²) in [6.07, 6.45) is 30.8. The molecule has 14 nitrogen and oxygen atoms in total.